The zero-order chi connectivity index (χ0) is 15.4. The molecule has 2 amide bonds. The highest BCUT2D eigenvalue weighted by atomic mass is 35.5. The first-order valence-corrected chi connectivity index (χ1v) is 7.10. The standard InChI is InChI=1S/C14H17ClFN3O2/c15-12-9-10(16)1-2-11(12)14(21)19-7-5-18(6-8-19)4-3-13(17)20/h1-2,9H,3-8H2,(H2,17,20). The molecular formula is C14H17ClFN3O2. The number of halogens is 2. The van der Waals surface area contributed by atoms with Gasteiger partial charge < -0.3 is 10.6 Å². The van der Waals surface area contributed by atoms with Crippen molar-refractivity contribution in [2.24, 2.45) is 5.73 Å². The molecule has 0 atom stereocenters. The van der Waals surface area contributed by atoms with Crippen LogP contribution in [0.5, 0.6) is 0 Å². The second-order valence-electron chi connectivity index (χ2n) is 4.97. The Labute approximate surface area is 127 Å². The molecule has 114 valence electrons. The number of carbonyl (C=O) groups excluding carboxylic acids is 2. The van der Waals surface area contributed by atoms with Crippen LogP contribution in [-0.4, -0.2) is 54.3 Å². The molecule has 1 aliphatic rings. The summed E-state index contributed by atoms with van der Waals surface area (Å²) in [6.45, 7) is 3.06. The molecule has 1 aliphatic heterocycles. The van der Waals surface area contributed by atoms with Crippen molar-refractivity contribution >= 4 is 23.4 Å². The molecule has 0 saturated carbocycles. The fraction of sp³-hybridized carbons (Fsp3) is 0.429. The molecule has 1 fully saturated rings. The van der Waals surface area contributed by atoms with Crippen LogP contribution in [-0.2, 0) is 4.79 Å². The molecule has 0 bridgehead atoms. The largest absolute Gasteiger partial charge is 0.370 e. The average Bonchev–Trinajstić information content (AvgIpc) is 2.45. The molecule has 2 rings (SSSR count). The lowest BCUT2D eigenvalue weighted by Crippen LogP contribution is -2.49. The third kappa shape index (κ3) is 4.15. The lowest BCUT2D eigenvalue weighted by molar-refractivity contribution is -0.118. The molecule has 2 N–H and O–H groups in total. The van der Waals surface area contributed by atoms with Crippen LogP contribution in [0, 0.1) is 5.82 Å². The predicted octanol–water partition coefficient (Wildman–Crippen LogP) is 1.11. The number of rotatable bonds is 4. The van der Waals surface area contributed by atoms with Crippen molar-refractivity contribution in [2.75, 3.05) is 32.7 Å². The van der Waals surface area contributed by atoms with Gasteiger partial charge in [0, 0.05) is 39.1 Å². The number of nitrogens with zero attached hydrogens (tertiary/aromatic N) is 2. The van der Waals surface area contributed by atoms with Gasteiger partial charge in [0.1, 0.15) is 5.82 Å². The van der Waals surface area contributed by atoms with Gasteiger partial charge >= 0.3 is 0 Å². The summed E-state index contributed by atoms with van der Waals surface area (Å²) >= 11 is 5.91. The van der Waals surface area contributed by atoms with E-state index in [1.807, 2.05) is 0 Å². The zero-order valence-corrected chi connectivity index (χ0v) is 12.3. The van der Waals surface area contributed by atoms with Crippen LogP contribution < -0.4 is 5.73 Å². The van der Waals surface area contributed by atoms with E-state index < -0.39 is 5.82 Å². The molecule has 5 nitrogen and oxygen atoms in total. The summed E-state index contributed by atoms with van der Waals surface area (Å²) < 4.78 is 13.0. The van der Waals surface area contributed by atoms with Gasteiger partial charge in [0.2, 0.25) is 5.91 Å². The lowest BCUT2D eigenvalue weighted by atomic mass is 10.1. The average molecular weight is 314 g/mol. The van der Waals surface area contributed by atoms with E-state index in [9.17, 15) is 14.0 Å². The number of amides is 2. The maximum absolute atomic E-state index is 13.0. The Morgan fingerprint density at radius 1 is 1.24 bits per heavy atom. The lowest BCUT2D eigenvalue weighted by Gasteiger charge is -2.34. The van der Waals surface area contributed by atoms with Crippen LogP contribution in [0.1, 0.15) is 16.8 Å². The maximum atomic E-state index is 13.0. The Balaban J connectivity index is 1.92. The number of nitrogens with two attached hydrogens (primary N) is 1. The van der Waals surface area contributed by atoms with E-state index >= 15 is 0 Å². The van der Waals surface area contributed by atoms with Crippen molar-refractivity contribution in [1.29, 1.82) is 0 Å². The van der Waals surface area contributed by atoms with Crippen LogP contribution in [0.15, 0.2) is 18.2 Å². The van der Waals surface area contributed by atoms with Gasteiger partial charge in [0.25, 0.3) is 5.91 Å². The Bertz CT molecular complexity index is 545. The third-order valence-electron chi connectivity index (χ3n) is 3.50. The molecular weight excluding hydrogens is 297 g/mol. The van der Waals surface area contributed by atoms with E-state index in [0.717, 1.165) is 6.07 Å². The fourth-order valence-electron chi connectivity index (χ4n) is 2.28. The van der Waals surface area contributed by atoms with E-state index in [0.29, 0.717) is 44.7 Å². The smallest absolute Gasteiger partial charge is 0.255 e. The predicted molar refractivity (Wildman–Crippen MR) is 77.6 cm³/mol. The van der Waals surface area contributed by atoms with Crippen LogP contribution in [0.4, 0.5) is 4.39 Å². The van der Waals surface area contributed by atoms with Crippen LogP contribution in [0.25, 0.3) is 0 Å². The van der Waals surface area contributed by atoms with E-state index in [-0.39, 0.29) is 16.8 Å². The van der Waals surface area contributed by atoms with Crippen molar-refractivity contribution in [3.05, 3.63) is 34.6 Å². The van der Waals surface area contributed by atoms with Gasteiger partial charge in [-0.1, -0.05) is 11.6 Å². The van der Waals surface area contributed by atoms with Gasteiger partial charge in [-0.25, -0.2) is 4.39 Å². The first-order chi connectivity index (χ1) is 9.97. The maximum Gasteiger partial charge on any atom is 0.255 e. The van der Waals surface area contributed by atoms with Crippen molar-refractivity contribution in [1.82, 2.24) is 9.80 Å². The molecule has 0 aliphatic carbocycles. The Morgan fingerprint density at radius 2 is 1.90 bits per heavy atom. The normalized spacial score (nSPS) is 16.0. The minimum atomic E-state index is -0.465. The van der Waals surface area contributed by atoms with Crippen molar-refractivity contribution in [3.8, 4) is 0 Å². The monoisotopic (exact) mass is 313 g/mol. The quantitative estimate of drug-likeness (QED) is 0.905. The van der Waals surface area contributed by atoms with Crippen LogP contribution in [0.3, 0.4) is 0 Å². The van der Waals surface area contributed by atoms with Gasteiger partial charge in [0.05, 0.1) is 10.6 Å². The number of piperazine rings is 1. The topological polar surface area (TPSA) is 66.6 Å². The highest BCUT2D eigenvalue weighted by Crippen LogP contribution is 2.19. The summed E-state index contributed by atoms with van der Waals surface area (Å²) in [6.07, 6.45) is 0.317. The van der Waals surface area contributed by atoms with Gasteiger partial charge in [0.15, 0.2) is 0 Å². The third-order valence-corrected chi connectivity index (χ3v) is 3.81. The first-order valence-electron chi connectivity index (χ1n) is 6.72. The van der Waals surface area contributed by atoms with Gasteiger partial charge in [-0.15, -0.1) is 0 Å². The van der Waals surface area contributed by atoms with E-state index in [1.165, 1.54) is 12.1 Å². The summed E-state index contributed by atoms with van der Waals surface area (Å²) in [5.41, 5.74) is 5.42. The highest BCUT2D eigenvalue weighted by Gasteiger charge is 2.23. The molecule has 1 aromatic rings. The Kier molecular flexibility index (Phi) is 5.14. The summed E-state index contributed by atoms with van der Waals surface area (Å²) in [4.78, 5) is 26.8. The molecule has 0 unspecified atom stereocenters. The number of benzene rings is 1. The van der Waals surface area contributed by atoms with Crippen molar-refractivity contribution in [2.45, 2.75) is 6.42 Å². The van der Waals surface area contributed by atoms with Gasteiger partial charge in [-0.3, -0.25) is 14.5 Å². The SMILES string of the molecule is NC(=O)CCN1CCN(C(=O)c2ccc(F)cc2Cl)CC1. The molecule has 1 saturated heterocycles. The van der Waals surface area contributed by atoms with Gasteiger partial charge in [-0.2, -0.15) is 0 Å². The summed E-state index contributed by atoms with van der Waals surface area (Å²) in [5, 5.41) is 0.121. The summed E-state index contributed by atoms with van der Waals surface area (Å²) in [7, 11) is 0. The fourth-order valence-corrected chi connectivity index (χ4v) is 2.52. The number of carbonyl (C=O) groups is 2. The zero-order valence-electron chi connectivity index (χ0n) is 11.5. The molecule has 1 heterocycles. The minimum absolute atomic E-state index is 0.121. The Morgan fingerprint density at radius 3 is 2.48 bits per heavy atom. The van der Waals surface area contributed by atoms with E-state index in [4.69, 9.17) is 17.3 Å². The summed E-state index contributed by atoms with van der Waals surface area (Å²) in [6, 6.07) is 3.76. The number of hydrogen-bond acceptors (Lipinski definition) is 3. The second-order valence-corrected chi connectivity index (χ2v) is 5.38. The second kappa shape index (κ2) is 6.87. The molecule has 7 heteroatoms. The van der Waals surface area contributed by atoms with Crippen LogP contribution >= 0.6 is 11.6 Å². The molecule has 0 radical (unpaired) electrons. The van der Waals surface area contributed by atoms with Crippen molar-refractivity contribution < 1.29 is 14.0 Å². The Hall–Kier alpha value is -1.66. The van der Waals surface area contributed by atoms with E-state index in [1.54, 1.807) is 4.90 Å². The number of primary amides is 1. The molecule has 0 spiro atoms. The summed E-state index contributed by atoms with van der Waals surface area (Å²) in [5.74, 6) is -0.992. The molecule has 0 aromatic heterocycles. The molecule has 21 heavy (non-hydrogen) atoms. The number of hydrogen-bond donors (Lipinski definition) is 1. The molecule has 1 aromatic carbocycles. The first kappa shape index (κ1) is 15.7. The minimum Gasteiger partial charge on any atom is -0.370 e. The van der Waals surface area contributed by atoms with Gasteiger partial charge in [-0.05, 0) is 18.2 Å². The van der Waals surface area contributed by atoms with Crippen LogP contribution in [0.2, 0.25) is 5.02 Å². The highest BCUT2D eigenvalue weighted by molar-refractivity contribution is 6.33. The van der Waals surface area contributed by atoms with E-state index in [2.05, 4.69) is 4.90 Å². The van der Waals surface area contributed by atoms with Crippen molar-refractivity contribution in [3.63, 3.8) is 0 Å².